The number of rotatable bonds is 8. The van der Waals surface area contributed by atoms with Gasteiger partial charge in [-0.2, -0.15) is 8.42 Å². The standard InChI is InChI=1S/C23H24ClNO4S/c1-4-28-23-13-18(15-25-19-9-7-17(3)21(24)14-19)8-12-22(23)29-30(26,27)20-10-5-16(2)6-11-20/h5-14,25H,4,15H2,1-3H3. The van der Waals surface area contributed by atoms with Gasteiger partial charge >= 0.3 is 10.1 Å². The fourth-order valence-corrected chi connectivity index (χ4v) is 3.90. The van der Waals surface area contributed by atoms with Crippen molar-refractivity contribution in [1.29, 1.82) is 0 Å². The predicted octanol–water partition coefficient (Wildman–Crippen LogP) is 5.74. The van der Waals surface area contributed by atoms with E-state index in [4.69, 9.17) is 20.5 Å². The highest BCUT2D eigenvalue weighted by Gasteiger charge is 2.19. The van der Waals surface area contributed by atoms with E-state index in [0.29, 0.717) is 23.9 Å². The molecule has 0 aromatic heterocycles. The smallest absolute Gasteiger partial charge is 0.339 e. The first kappa shape index (κ1) is 22.0. The van der Waals surface area contributed by atoms with Crippen LogP contribution >= 0.6 is 11.6 Å². The van der Waals surface area contributed by atoms with Gasteiger partial charge in [0.25, 0.3) is 0 Å². The van der Waals surface area contributed by atoms with E-state index in [1.165, 1.54) is 12.1 Å². The lowest BCUT2D eigenvalue weighted by Crippen LogP contribution is -2.11. The zero-order chi connectivity index (χ0) is 21.7. The van der Waals surface area contributed by atoms with Crippen molar-refractivity contribution in [2.75, 3.05) is 11.9 Å². The van der Waals surface area contributed by atoms with E-state index in [9.17, 15) is 8.42 Å². The minimum Gasteiger partial charge on any atom is -0.490 e. The summed E-state index contributed by atoms with van der Waals surface area (Å²) in [6.45, 7) is 6.57. The van der Waals surface area contributed by atoms with Crippen molar-refractivity contribution < 1.29 is 17.3 Å². The van der Waals surface area contributed by atoms with E-state index in [1.54, 1.807) is 30.3 Å². The Bertz CT molecular complexity index is 1130. The lowest BCUT2D eigenvalue weighted by atomic mass is 10.2. The van der Waals surface area contributed by atoms with Gasteiger partial charge in [-0.25, -0.2) is 0 Å². The first-order valence-electron chi connectivity index (χ1n) is 9.55. The maximum absolute atomic E-state index is 12.6. The highest BCUT2D eigenvalue weighted by atomic mass is 35.5. The fraction of sp³-hybridized carbons (Fsp3) is 0.217. The van der Waals surface area contributed by atoms with Crippen molar-refractivity contribution >= 4 is 27.4 Å². The molecule has 0 amide bonds. The second kappa shape index (κ2) is 9.41. The van der Waals surface area contributed by atoms with Crippen LogP contribution in [-0.4, -0.2) is 15.0 Å². The van der Waals surface area contributed by atoms with Gasteiger partial charge in [-0.05, 0) is 68.3 Å². The van der Waals surface area contributed by atoms with E-state index in [-0.39, 0.29) is 10.6 Å². The molecule has 158 valence electrons. The number of hydrogen-bond acceptors (Lipinski definition) is 5. The van der Waals surface area contributed by atoms with Gasteiger partial charge in [0.2, 0.25) is 0 Å². The van der Waals surface area contributed by atoms with Crippen LogP contribution in [-0.2, 0) is 16.7 Å². The Morgan fingerprint density at radius 3 is 2.33 bits per heavy atom. The fourth-order valence-electron chi connectivity index (χ4n) is 2.78. The molecule has 5 nitrogen and oxygen atoms in total. The Morgan fingerprint density at radius 2 is 1.67 bits per heavy atom. The summed E-state index contributed by atoms with van der Waals surface area (Å²) in [5.74, 6) is 0.522. The molecular weight excluding hydrogens is 422 g/mol. The van der Waals surface area contributed by atoms with Crippen molar-refractivity contribution in [1.82, 2.24) is 0 Å². The van der Waals surface area contributed by atoms with Gasteiger partial charge in [0.15, 0.2) is 11.5 Å². The quantitative estimate of drug-likeness (QED) is 0.448. The average Bonchev–Trinajstić information content (AvgIpc) is 2.71. The molecule has 3 aromatic rings. The summed E-state index contributed by atoms with van der Waals surface area (Å²) in [7, 11) is -3.96. The number of halogens is 1. The molecule has 30 heavy (non-hydrogen) atoms. The summed E-state index contributed by atoms with van der Waals surface area (Å²) in [5, 5.41) is 3.99. The molecule has 1 N–H and O–H groups in total. The number of anilines is 1. The molecule has 0 unspecified atom stereocenters. The van der Waals surface area contributed by atoms with Crippen molar-refractivity contribution in [3.05, 3.63) is 82.4 Å². The SMILES string of the molecule is CCOc1cc(CNc2ccc(C)c(Cl)c2)ccc1OS(=O)(=O)c1ccc(C)cc1. The first-order chi connectivity index (χ1) is 14.3. The minimum absolute atomic E-state index is 0.0949. The third-order valence-corrected chi connectivity index (χ3v) is 6.14. The molecule has 0 heterocycles. The van der Waals surface area contributed by atoms with Crippen molar-refractivity contribution in [2.24, 2.45) is 0 Å². The van der Waals surface area contributed by atoms with Gasteiger partial charge in [-0.15, -0.1) is 0 Å². The molecule has 0 saturated heterocycles. The first-order valence-corrected chi connectivity index (χ1v) is 11.3. The van der Waals surface area contributed by atoms with Crippen LogP contribution in [0.5, 0.6) is 11.5 Å². The van der Waals surface area contributed by atoms with Crippen molar-refractivity contribution in [2.45, 2.75) is 32.2 Å². The largest absolute Gasteiger partial charge is 0.490 e. The molecule has 0 aliphatic carbocycles. The van der Waals surface area contributed by atoms with E-state index in [1.807, 2.05) is 39.0 Å². The van der Waals surface area contributed by atoms with Crippen LogP contribution in [0.25, 0.3) is 0 Å². The molecule has 0 radical (unpaired) electrons. The van der Waals surface area contributed by atoms with E-state index >= 15 is 0 Å². The second-order valence-corrected chi connectivity index (χ2v) is 8.84. The van der Waals surface area contributed by atoms with Crippen molar-refractivity contribution in [3.63, 3.8) is 0 Å². The Morgan fingerprint density at radius 1 is 0.933 bits per heavy atom. The zero-order valence-electron chi connectivity index (χ0n) is 17.1. The van der Waals surface area contributed by atoms with Crippen LogP contribution in [0.15, 0.2) is 65.6 Å². The number of ether oxygens (including phenoxy) is 1. The highest BCUT2D eigenvalue weighted by molar-refractivity contribution is 7.87. The molecule has 3 rings (SSSR count). The third kappa shape index (κ3) is 5.46. The maximum Gasteiger partial charge on any atom is 0.339 e. The Balaban J connectivity index is 1.78. The maximum atomic E-state index is 12.6. The number of hydrogen-bond donors (Lipinski definition) is 1. The highest BCUT2D eigenvalue weighted by Crippen LogP contribution is 2.31. The van der Waals surface area contributed by atoms with Gasteiger partial charge in [0.1, 0.15) is 4.90 Å². The van der Waals surface area contributed by atoms with Crippen LogP contribution in [0.2, 0.25) is 5.02 Å². The lowest BCUT2D eigenvalue weighted by molar-refractivity contribution is 0.327. The van der Waals surface area contributed by atoms with Crippen molar-refractivity contribution in [3.8, 4) is 11.5 Å². The zero-order valence-corrected chi connectivity index (χ0v) is 18.7. The van der Waals surface area contributed by atoms with Crippen LogP contribution < -0.4 is 14.2 Å². The third-order valence-electron chi connectivity index (χ3n) is 4.49. The van der Waals surface area contributed by atoms with Crippen LogP contribution in [0.4, 0.5) is 5.69 Å². The van der Waals surface area contributed by atoms with E-state index in [2.05, 4.69) is 5.32 Å². The van der Waals surface area contributed by atoms with Crippen LogP contribution in [0.1, 0.15) is 23.6 Å². The monoisotopic (exact) mass is 445 g/mol. The summed E-state index contributed by atoms with van der Waals surface area (Å²) in [5.41, 5.74) is 3.79. The number of aryl methyl sites for hydroxylation is 2. The van der Waals surface area contributed by atoms with E-state index in [0.717, 1.165) is 22.4 Å². The summed E-state index contributed by atoms with van der Waals surface area (Å²) in [6.07, 6.45) is 0. The van der Waals surface area contributed by atoms with Gasteiger partial charge in [0.05, 0.1) is 6.61 Å². The van der Waals surface area contributed by atoms with Crippen LogP contribution in [0.3, 0.4) is 0 Å². The van der Waals surface area contributed by atoms with Gasteiger partial charge in [-0.1, -0.05) is 41.4 Å². The number of benzene rings is 3. The molecule has 0 aliphatic heterocycles. The molecular formula is C23H24ClNO4S. The summed E-state index contributed by atoms with van der Waals surface area (Å²) < 4.78 is 36.2. The molecule has 0 fully saturated rings. The molecule has 3 aromatic carbocycles. The molecule has 7 heteroatoms. The Labute approximate surface area is 182 Å². The minimum atomic E-state index is -3.96. The molecule has 0 saturated carbocycles. The predicted molar refractivity (Wildman–Crippen MR) is 120 cm³/mol. The molecule has 0 spiro atoms. The van der Waals surface area contributed by atoms with Gasteiger partial charge in [-0.3, -0.25) is 0 Å². The normalized spacial score (nSPS) is 11.2. The van der Waals surface area contributed by atoms with Gasteiger partial charge in [0, 0.05) is 17.3 Å². The summed E-state index contributed by atoms with van der Waals surface area (Å²) >= 11 is 6.17. The molecule has 0 aliphatic rings. The molecule has 0 atom stereocenters. The average molecular weight is 446 g/mol. The Hall–Kier alpha value is -2.70. The van der Waals surface area contributed by atoms with Crippen LogP contribution in [0, 0.1) is 13.8 Å². The van der Waals surface area contributed by atoms with E-state index < -0.39 is 10.1 Å². The van der Waals surface area contributed by atoms with Gasteiger partial charge < -0.3 is 14.2 Å². The lowest BCUT2D eigenvalue weighted by Gasteiger charge is -2.14. The summed E-state index contributed by atoms with van der Waals surface area (Å²) in [4.78, 5) is 0.0949. The molecule has 0 bridgehead atoms. The Kier molecular flexibility index (Phi) is 6.90. The summed E-state index contributed by atoms with van der Waals surface area (Å²) in [6, 6.07) is 17.4. The second-order valence-electron chi connectivity index (χ2n) is 6.88. The number of nitrogens with one attached hydrogen (secondary N) is 1. The topological polar surface area (TPSA) is 64.6 Å².